The van der Waals surface area contributed by atoms with Crippen molar-refractivity contribution in [1.29, 1.82) is 0 Å². The lowest BCUT2D eigenvalue weighted by Gasteiger charge is -2.06. The lowest BCUT2D eigenvalue weighted by Crippen LogP contribution is -2.25. The summed E-state index contributed by atoms with van der Waals surface area (Å²) in [7, 11) is 1.66. The average molecular weight is 257 g/mol. The maximum absolute atomic E-state index is 11.7. The minimum Gasteiger partial charge on any atom is -0.385 e. The van der Waals surface area contributed by atoms with Gasteiger partial charge in [0.15, 0.2) is 0 Å². The van der Waals surface area contributed by atoms with Gasteiger partial charge in [0.1, 0.15) is 0 Å². The highest BCUT2D eigenvalue weighted by atomic mass is 35.5. The maximum Gasteiger partial charge on any atom is 0.254 e. The van der Waals surface area contributed by atoms with E-state index in [4.69, 9.17) is 16.3 Å². The van der Waals surface area contributed by atoms with E-state index in [0.29, 0.717) is 23.7 Å². The minimum atomic E-state index is -0.181. The van der Waals surface area contributed by atoms with E-state index < -0.39 is 0 Å². The molecule has 0 aromatic carbocycles. The molecule has 0 fully saturated rings. The third kappa shape index (κ3) is 4.71. The van der Waals surface area contributed by atoms with Gasteiger partial charge in [-0.2, -0.15) is 0 Å². The molecule has 0 spiro atoms. The zero-order chi connectivity index (χ0) is 12.7. The van der Waals surface area contributed by atoms with Crippen LogP contribution in [0.2, 0.25) is 5.02 Å². The highest BCUT2D eigenvalue weighted by Crippen LogP contribution is 2.15. The molecule has 1 amide bonds. The molecular formula is C12H17ClN2O2. The molecule has 1 heterocycles. The quantitative estimate of drug-likeness (QED) is 0.794. The number of hydrogen-bond acceptors (Lipinski definition) is 3. The van der Waals surface area contributed by atoms with Crippen LogP contribution in [0.25, 0.3) is 0 Å². The highest BCUT2D eigenvalue weighted by Gasteiger charge is 2.10. The molecule has 0 aliphatic heterocycles. The van der Waals surface area contributed by atoms with Gasteiger partial charge in [0, 0.05) is 32.2 Å². The van der Waals surface area contributed by atoms with Gasteiger partial charge in [0.05, 0.1) is 10.6 Å². The van der Waals surface area contributed by atoms with Gasteiger partial charge in [-0.05, 0) is 25.8 Å². The van der Waals surface area contributed by atoms with Gasteiger partial charge < -0.3 is 10.1 Å². The molecule has 0 aliphatic carbocycles. The number of amides is 1. The second-order valence-corrected chi connectivity index (χ2v) is 4.17. The highest BCUT2D eigenvalue weighted by molar-refractivity contribution is 6.33. The van der Waals surface area contributed by atoms with Crippen LogP contribution in [-0.2, 0) is 4.74 Å². The fourth-order valence-corrected chi connectivity index (χ4v) is 1.65. The minimum absolute atomic E-state index is 0.181. The van der Waals surface area contributed by atoms with Gasteiger partial charge in [0.25, 0.3) is 5.91 Å². The summed E-state index contributed by atoms with van der Waals surface area (Å²) in [5, 5.41) is 3.24. The molecule has 0 saturated heterocycles. The molecule has 17 heavy (non-hydrogen) atoms. The van der Waals surface area contributed by atoms with Crippen LogP contribution >= 0.6 is 11.6 Å². The van der Waals surface area contributed by atoms with E-state index in [1.807, 2.05) is 6.92 Å². The van der Waals surface area contributed by atoms with Crippen molar-refractivity contribution in [2.75, 3.05) is 20.3 Å². The van der Waals surface area contributed by atoms with E-state index >= 15 is 0 Å². The predicted octanol–water partition coefficient (Wildman–Crippen LogP) is 2.20. The van der Waals surface area contributed by atoms with Crippen molar-refractivity contribution in [3.05, 3.63) is 28.5 Å². The number of rotatable bonds is 6. The van der Waals surface area contributed by atoms with Crippen LogP contribution in [0.3, 0.4) is 0 Å². The van der Waals surface area contributed by atoms with E-state index in [-0.39, 0.29) is 5.91 Å². The first-order valence-electron chi connectivity index (χ1n) is 5.54. The topological polar surface area (TPSA) is 51.2 Å². The molecule has 0 saturated carbocycles. The molecule has 5 heteroatoms. The first kappa shape index (κ1) is 13.9. The second-order valence-electron chi connectivity index (χ2n) is 3.76. The lowest BCUT2D eigenvalue weighted by atomic mass is 10.2. The predicted molar refractivity (Wildman–Crippen MR) is 67.4 cm³/mol. The van der Waals surface area contributed by atoms with Crippen molar-refractivity contribution in [3.8, 4) is 0 Å². The summed E-state index contributed by atoms with van der Waals surface area (Å²) in [6.45, 7) is 3.16. The van der Waals surface area contributed by atoms with Gasteiger partial charge in [-0.1, -0.05) is 11.6 Å². The summed E-state index contributed by atoms with van der Waals surface area (Å²) in [6, 6.07) is 1.68. The van der Waals surface area contributed by atoms with E-state index in [1.165, 1.54) is 6.20 Å². The Kier molecular flexibility index (Phi) is 5.94. The number of methoxy groups -OCH3 is 1. The monoisotopic (exact) mass is 256 g/mol. The number of ether oxygens (including phenoxy) is 1. The third-order valence-electron chi connectivity index (χ3n) is 2.30. The van der Waals surface area contributed by atoms with Crippen molar-refractivity contribution in [2.45, 2.75) is 19.8 Å². The molecule has 1 N–H and O–H groups in total. The molecule has 4 nitrogen and oxygen atoms in total. The fourth-order valence-electron chi connectivity index (χ4n) is 1.36. The zero-order valence-electron chi connectivity index (χ0n) is 10.1. The lowest BCUT2D eigenvalue weighted by molar-refractivity contribution is 0.0951. The van der Waals surface area contributed by atoms with Gasteiger partial charge in [-0.15, -0.1) is 0 Å². The first-order chi connectivity index (χ1) is 8.15. The van der Waals surface area contributed by atoms with Crippen molar-refractivity contribution in [2.24, 2.45) is 0 Å². The van der Waals surface area contributed by atoms with Crippen LogP contribution in [-0.4, -0.2) is 31.2 Å². The third-order valence-corrected chi connectivity index (χ3v) is 2.61. The smallest absolute Gasteiger partial charge is 0.254 e. The summed E-state index contributed by atoms with van der Waals surface area (Å²) in [5.41, 5.74) is 1.22. The number of aryl methyl sites for hydroxylation is 1. The summed E-state index contributed by atoms with van der Waals surface area (Å²) < 4.78 is 4.92. The Morgan fingerprint density at radius 3 is 2.94 bits per heavy atom. The molecule has 1 aromatic rings. The molecule has 0 bridgehead atoms. The van der Waals surface area contributed by atoms with E-state index in [9.17, 15) is 4.79 Å². The number of hydrogen-bond donors (Lipinski definition) is 1. The van der Waals surface area contributed by atoms with Crippen LogP contribution < -0.4 is 5.32 Å². The standard InChI is InChI=1S/C12H17ClN2O2/c1-9-7-11(13)10(8-15-9)12(16)14-5-3-4-6-17-2/h7-8H,3-6H2,1-2H3,(H,14,16). The summed E-state index contributed by atoms with van der Waals surface area (Å²) in [5.74, 6) is -0.181. The van der Waals surface area contributed by atoms with Crippen molar-refractivity contribution < 1.29 is 9.53 Å². The Morgan fingerprint density at radius 1 is 1.53 bits per heavy atom. The Labute approximate surface area is 106 Å². The second kappa shape index (κ2) is 7.25. The van der Waals surface area contributed by atoms with Gasteiger partial charge in [0.2, 0.25) is 0 Å². The van der Waals surface area contributed by atoms with Crippen LogP contribution in [0.4, 0.5) is 0 Å². The van der Waals surface area contributed by atoms with Crippen molar-refractivity contribution >= 4 is 17.5 Å². The number of nitrogens with zero attached hydrogens (tertiary/aromatic N) is 1. The maximum atomic E-state index is 11.7. The van der Waals surface area contributed by atoms with Crippen LogP contribution in [0.1, 0.15) is 28.9 Å². The Hall–Kier alpha value is -1.13. The Balaban J connectivity index is 2.42. The van der Waals surface area contributed by atoms with Crippen molar-refractivity contribution in [3.63, 3.8) is 0 Å². The zero-order valence-corrected chi connectivity index (χ0v) is 10.9. The number of pyridine rings is 1. The van der Waals surface area contributed by atoms with Crippen LogP contribution in [0, 0.1) is 6.92 Å². The van der Waals surface area contributed by atoms with Gasteiger partial charge in [-0.3, -0.25) is 9.78 Å². The van der Waals surface area contributed by atoms with E-state index in [1.54, 1.807) is 13.2 Å². The summed E-state index contributed by atoms with van der Waals surface area (Å²) in [4.78, 5) is 15.8. The first-order valence-corrected chi connectivity index (χ1v) is 5.92. The van der Waals surface area contributed by atoms with Crippen molar-refractivity contribution in [1.82, 2.24) is 10.3 Å². The summed E-state index contributed by atoms with van der Waals surface area (Å²) in [6.07, 6.45) is 3.31. The molecule has 0 aliphatic rings. The normalized spacial score (nSPS) is 10.3. The molecule has 0 atom stereocenters. The number of unbranched alkanes of at least 4 members (excludes halogenated alkanes) is 1. The molecule has 1 aromatic heterocycles. The number of carbonyl (C=O) groups is 1. The number of halogens is 1. The molecule has 94 valence electrons. The number of aromatic nitrogens is 1. The average Bonchev–Trinajstić information content (AvgIpc) is 2.28. The molecular weight excluding hydrogens is 240 g/mol. The molecule has 0 unspecified atom stereocenters. The SMILES string of the molecule is COCCCCNC(=O)c1cnc(C)cc1Cl. The largest absolute Gasteiger partial charge is 0.385 e. The number of carbonyl (C=O) groups excluding carboxylic acids is 1. The van der Waals surface area contributed by atoms with Crippen LogP contribution in [0.5, 0.6) is 0 Å². The number of nitrogens with one attached hydrogen (secondary N) is 1. The van der Waals surface area contributed by atoms with Gasteiger partial charge >= 0.3 is 0 Å². The van der Waals surface area contributed by atoms with E-state index in [2.05, 4.69) is 10.3 Å². The van der Waals surface area contributed by atoms with Crippen LogP contribution in [0.15, 0.2) is 12.3 Å². The Bertz CT molecular complexity index is 383. The Morgan fingerprint density at radius 2 is 2.29 bits per heavy atom. The summed E-state index contributed by atoms with van der Waals surface area (Å²) >= 11 is 5.97. The fraction of sp³-hybridized carbons (Fsp3) is 0.500. The molecule has 0 radical (unpaired) electrons. The van der Waals surface area contributed by atoms with Gasteiger partial charge in [-0.25, -0.2) is 0 Å². The molecule has 1 rings (SSSR count). The van der Waals surface area contributed by atoms with E-state index in [0.717, 1.165) is 18.5 Å².